The van der Waals surface area contributed by atoms with Crippen molar-refractivity contribution in [2.75, 3.05) is 6.54 Å². The predicted octanol–water partition coefficient (Wildman–Crippen LogP) is 3.93. The molecule has 6 nitrogen and oxygen atoms in total. The molecular formula is C17H12ClN5OS2. The predicted molar refractivity (Wildman–Crippen MR) is 103 cm³/mol. The zero-order valence-corrected chi connectivity index (χ0v) is 15.8. The lowest BCUT2D eigenvalue weighted by Gasteiger charge is -2.27. The number of aromatic nitrogens is 4. The van der Waals surface area contributed by atoms with Crippen LogP contribution < -0.4 is 0 Å². The normalized spacial score (nSPS) is 14.0. The van der Waals surface area contributed by atoms with Gasteiger partial charge in [-0.1, -0.05) is 22.9 Å². The zero-order chi connectivity index (χ0) is 17.7. The van der Waals surface area contributed by atoms with Gasteiger partial charge in [0.15, 0.2) is 16.7 Å². The molecule has 0 radical (unpaired) electrons. The van der Waals surface area contributed by atoms with Gasteiger partial charge in [0, 0.05) is 23.7 Å². The molecule has 0 N–H and O–H groups in total. The second-order valence-corrected chi connectivity index (χ2v) is 8.55. The molecule has 3 aromatic heterocycles. The third-order valence-electron chi connectivity index (χ3n) is 4.34. The minimum atomic E-state index is -0.0211. The number of nitrogens with zero attached hydrogens (tertiary/aromatic N) is 5. The van der Waals surface area contributed by atoms with E-state index in [0.717, 1.165) is 22.2 Å². The first-order valence-corrected chi connectivity index (χ1v) is 10.1. The maximum Gasteiger partial charge on any atom is 0.254 e. The monoisotopic (exact) mass is 401 g/mol. The molecule has 130 valence electrons. The van der Waals surface area contributed by atoms with Crippen LogP contribution in [0.4, 0.5) is 0 Å². The maximum atomic E-state index is 12.7. The van der Waals surface area contributed by atoms with Crippen LogP contribution in [0.3, 0.4) is 0 Å². The van der Waals surface area contributed by atoms with Crippen molar-refractivity contribution < 1.29 is 4.79 Å². The van der Waals surface area contributed by atoms with Crippen LogP contribution in [0.15, 0.2) is 35.7 Å². The van der Waals surface area contributed by atoms with Gasteiger partial charge in [0.2, 0.25) is 0 Å². The second kappa shape index (κ2) is 6.15. The van der Waals surface area contributed by atoms with E-state index in [-0.39, 0.29) is 5.91 Å². The number of halogens is 1. The molecule has 0 aliphatic carbocycles. The molecule has 1 aliphatic heterocycles. The highest BCUT2D eigenvalue weighted by Crippen LogP contribution is 2.33. The van der Waals surface area contributed by atoms with Gasteiger partial charge in [0.05, 0.1) is 12.1 Å². The molecule has 0 unspecified atom stereocenters. The van der Waals surface area contributed by atoms with E-state index in [1.807, 2.05) is 11.4 Å². The maximum absolute atomic E-state index is 12.7. The Bertz CT molecular complexity index is 1090. The first-order valence-electron chi connectivity index (χ1n) is 8.00. The summed E-state index contributed by atoms with van der Waals surface area (Å²) in [5.41, 5.74) is 1.63. The molecule has 0 atom stereocenters. The Morgan fingerprint density at radius 3 is 2.77 bits per heavy atom. The summed E-state index contributed by atoms with van der Waals surface area (Å²) in [6.07, 6.45) is 0. The Hall–Kier alpha value is -2.29. The Morgan fingerprint density at radius 1 is 1.12 bits per heavy atom. The van der Waals surface area contributed by atoms with Crippen LogP contribution in [0.25, 0.3) is 20.4 Å². The Kier molecular flexibility index (Phi) is 3.77. The first-order chi connectivity index (χ1) is 12.7. The van der Waals surface area contributed by atoms with E-state index in [0.29, 0.717) is 30.2 Å². The van der Waals surface area contributed by atoms with Gasteiger partial charge < -0.3 is 9.47 Å². The highest BCUT2D eigenvalue weighted by Gasteiger charge is 2.26. The minimum Gasteiger partial charge on any atom is -0.329 e. The SMILES string of the molecule is O=C(c1ccc(Cl)cc1)N1CCn2c(nnc2-c2nc3ccsc3s2)C1. The van der Waals surface area contributed by atoms with Gasteiger partial charge in [-0.05, 0) is 35.7 Å². The Labute approximate surface area is 161 Å². The van der Waals surface area contributed by atoms with Crippen molar-refractivity contribution in [3.8, 4) is 10.8 Å². The lowest BCUT2D eigenvalue weighted by Crippen LogP contribution is -2.38. The summed E-state index contributed by atoms with van der Waals surface area (Å²) >= 11 is 9.21. The molecule has 4 heterocycles. The summed E-state index contributed by atoms with van der Waals surface area (Å²) in [6.45, 7) is 1.71. The first kappa shape index (κ1) is 15.9. The van der Waals surface area contributed by atoms with Crippen molar-refractivity contribution in [2.45, 2.75) is 13.1 Å². The second-order valence-electron chi connectivity index (χ2n) is 5.94. The van der Waals surface area contributed by atoms with Gasteiger partial charge in [-0.25, -0.2) is 4.98 Å². The molecule has 0 bridgehead atoms. The van der Waals surface area contributed by atoms with Crippen molar-refractivity contribution in [3.05, 3.63) is 52.1 Å². The van der Waals surface area contributed by atoms with Gasteiger partial charge in [0.25, 0.3) is 5.91 Å². The smallest absolute Gasteiger partial charge is 0.254 e. The molecular weight excluding hydrogens is 390 g/mol. The number of thiophene rings is 1. The topological polar surface area (TPSA) is 63.9 Å². The number of carbonyl (C=O) groups is 1. The highest BCUT2D eigenvalue weighted by atomic mass is 35.5. The fraction of sp³-hybridized carbons (Fsp3) is 0.176. The zero-order valence-electron chi connectivity index (χ0n) is 13.4. The van der Waals surface area contributed by atoms with Crippen molar-refractivity contribution in [3.63, 3.8) is 0 Å². The van der Waals surface area contributed by atoms with Crippen molar-refractivity contribution in [1.29, 1.82) is 0 Å². The average molecular weight is 402 g/mol. The number of carbonyl (C=O) groups excluding carboxylic acids is 1. The number of thiazole rings is 1. The van der Waals surface area contributed by atoms with Gasteiger partial charge in [-0.15, -0.1) is 21.5 Å². The van der Waals surface area contributed by atoms with E-state index in [2.05, 4.69) is 19.7 Å². The number of benzene rings is 1. The van der Waals surface area contributed by atoms with Gasteiger partial charge in [-0.3, -0.25) is 4.79 Å². The van der Waals surface area contributed by atoms with E-state index >= 15 is 0 Å². The van der Waals surface area contributed by atoms with E-state index in [1.165, 1.54) is 4.01 Å². The quantitative estimate of drug-likeness (QED) is 0.510. The average Bonchev–Trinajstić information content (AvgIpc) is 3.35. The summed E-state index contributed by atoms with van der Waals surface area (Å²) in [6, 6.07) is 8.97. The Morgan fingerprint density at radius 2 is 1.96 bits per heavy atom. The molecule has 9 heteroatoms. The van der Waals surface area contributed by atoms with E-state index in [1.54, 1.807) is 51.8 Å². The van der Waals surface area contributed by atoms with Crippen LogP contribution in [0.5, 0.6) is 0 Å². The summed E-state index contributed by atoms with van der Waals surface area (Å²) in [7, 11) is 0. The number of amides is 1. The largest absolute Gasteiger partial charge is 0.329 e. The third-order valence-corrected chi connectivity index (χ3v) is 6.69. The standard InChI is InChI=1S/C17H12ClN5OS2/c18-11-3-1-10(2-4-11)16(24)22-6-7-23-13(9-22)20-21-14(23)15-19-12-5-8-25-17(12)26-15/h1-5,8H,6-7,9H2. The van der Waals surface area contributed by atoms with Crippen LogP contribution in [-0.2, 0) is 13.1 Å². The van der Waals surface area contributed by atoms with Crippen molar-refractivity contribution >= 4 is 49.7 Å². The van der Waals surface area contributed by atoms with Crippen LogP contribution in [0.2, 0.25) is 5.02 Å². The van der Waals surface area contributed by atoms with Crippen LogP contribution >= 0.6 is 34.3 Å². The van der Waals surface area contributed by atoms with E-state index in [4.69, 9.17) is 11.6 Å². The molecule has 0 saturated heterocycles. The lowest BCUT2D eigenvalue weighted by atomic mass is 10.2. The molecule has 0 fully saturated rings. The number of rotatable bonds is 2. The van der Waals surface area contributed by atoms with Crippen molar-refractivity contribution in [1.82, 2.24) is 24.6 Å². The molecule has 0 spiro atoms. The molecule has 0 saturated carbocycles. The van der Waals surface area contributed by atoms with E-state index in [9.17, 15) is 4.79 Å². The highest BCUT2D eigenvalue weighted by molar-refractivity contribution is 7.38. The summed E-state index contributed by atoms with van der Waals surface area (Å²) in [5, 5.41) is 12.2. The molecule has 1 aromatic carbocycles. The lowest BCUT2D eigenvalue weighted by molar-refractivity contribution is 0.0708. The molecule has 4 aromatic rings. The fourth-order valence-corrected chi connectivity index (χ4v) is 5.08. The number of hydrogen-bond acceptors (Lipinski definition) is 6. The van der Waals surface area contributed by atoms with Gasteiger partial charge in [0.1, 0.15) is 4.01 Å². The molecule has 1 amide bonds. The van der Waals surface area contributed by atoms with Gasteiger partial charge >= 0.3 is 0 Å². The van der Waals surface area contributed by atoms with Crippen LogP contribution in [-0.4, -0.2) is 37.1 Å². The van der Waals surface area contributed by atoms with Crippen molar-refractivity contribution in [2.24, 2.45) is 0 Å². The van der Waals surface area contributed by atoms with Crippen LogP contribution in [0, 0.1) is 0 Å². The fourth-order valence-electron chi connectivity index (χ4n) is 3.03. The summed E-state index contributed by atoms with van der Waals surface area (Å²) in [5.74, 6) is 1.55. The number of hydrogen-bond donors (Lipinski definition) is 0. The van der Waals surface area contributed by atoms with Gasteiger partial charge in [-0.2, -0.15) is 0 Å². The van der Waals surface area contributed by atoms with Crippen LogP contribution in [0.1, 0.15) is 16.2 Å². The summed E-state index contributed by atoms with van der Waals surface area (Å²) < 4.78 is 3.25. The molecule has 1 aliphatic rings. The number of fused-ring (bicyclic) bond motifs is 2. The minimum absolute atomic E-state index is 0.0211. The Balaban J connectivity index is 1.42. The third kappa shape index (κ3) is 2.61. The molecule has 26 heavy (non-hydrogen) atoms. The summed E-state index contributed by atoms with van der Waals surface area (Å²) in [4.78, 5) is 19.1. The molecule has 5 rings (SSSR count). The van der Waals surface area contributed by atoms with E-state index < -0.39 is 0 Å².